The molecule has 0 saturated heterocycles. The van der Waals surface area contributed by atoms with Gasteiger partial charge in [-0.2, -0.15) is 0 Å². The minimum atomic E-state index is -3.67. The minimum Gasteiger partial charge on any atom is -0.207 e. The van der Waals surface area contributed by atoms with Crippen molar-refractivity contribution in [3.05, 3.63) is 54.1 Å². The van der Waals surface area contributed by atoms with Crippen molar-refractivity contribution >= 4 is 19.7 Å². The summed E-state index contributed by atoms with van der Waals surface area (Å²) in [6.07, 6.45) is 0. The van der Waals surface area contributed by atoms with Gasteiger partial charge in [0.05, 0.1) is 4.90 Å². The SMILES string of the molecule is Cc1ccc(-c2cccc(S(=O)(=O)Cl)c2)cc1. The standard InChI is InChI=1S/C13H11ClO2S/c1-10-5-7-11(8-6-10)12-3-2-4-13(9-12)17(14,15)16/h2-9H,1H3. The lowest BCUT2D eigenvalue weighted by atomic mass is 10.0. The topological polar surface area (TPSA) is 34.1 Å². The van der Waals surface area contributed by atoms with Gasteiger partial charge in [0.2, 0.25) is 0 Å². The highest BCUT2D eigenvalue weighted by Gasteiger charge is 2.10. The zero-order valence-corrected chi connectivity index (χ0v) is 10.8. The van der Waals surface area contributed by atoms with E-state index in [1.54, 1.807) is 12.1 Å². The van der Waals surface area contributed by atoms with E-state index in [2.05, 4.69) is 0 Å². The second-order valence-electron chi connectivity index (χ2n) is 3.83. The lowest BCUT2D eigenvalue weighted by Crippen LogP contribution is -1.90. The zero-order chi connectivity index (χ0) is 12.5. The zero-order valence-electron chi connectivity index (χ0n) is 9.22. The monoisotopic (exact) mass is 266 g/mol. The van der Waals surface area contributed by atoms with Gasteiger partial charge in [0.1, 0.15) is 0 Å². The summed E-state index contributed by atoms with van der Waals surface area (Å²) in [6.45, 7) is 2.00. The van der Waals surface area contributed by atoms with E-state index in [0.717, 1.165) is 16.7 Å². The highest BCUT2D eigenvalue weighted by Crippen LogP contribution is 2.24. The molecule has 0 radical (unpaired) electrons. The van der Waals surface area contributed by atoms with Crippen LogP contribution in [-0.2, 0) is 9.05 Å². The van der Waals surface area contributed by atoms with E-state index in [9.17, 15) is 8.42 Å². The summed E-state index contributed by atoms with van der Waals surface area (Å²) in [4.78, 5) is 0.122. The van der Waals surface area contributed by atoms with Crippen molar-refractivity contribution in [2.75, 3.05) is 0 Å². The number of aryl methyl sites for hydroxylation is 1. The van der Waals surface area contributed by atoms with Gasteiger partial charge in [-0.15, -0.1) is 0 Å². The smallest absolute Gasteiger partial charge is 0.207 e. The highest BCUT2D eigenvalue weighted by molar-refractivity contribution is 8.13. The molecular formula is C13H11ClO2S. The van der Waals surface area contributed by atoms with E-state index in [4.69, 9.17) is 10.7 Å². The van der Waals surface area contributed by atoms with E-state index in [0.29, 0.717) is 0 Å². The molecule has 0 N–H and O–H groups in total. The molecule has 2 aromatic carbocycles. The van der Waals surface area contributed by atoms with Crippen LogP contribution in [0.3, 0.4) is 0 Å². The highest BCUT2D eigenvalue weighted by atomic mass is 35.7. The average molecular weight is 267 g/mol. The van der Waals surface area contributed by atoms with E-state index < -0.39 is 9.05 Å². The van der Waals surface area contributed by atoms with Crippen LogP contribution in [0.1, 0.15) is 5.56 Å². The fraction of sp³-hybridized carbons (Fsp3) is 0.0769. The van der Waals surface area contributed by atoms with Gasteiger partial charge in [-0.1, -0.05) is 42.0 Å². The molecule has 0 aliphatic rings. The number of benzene rings is 2. The average Bonchev–Trinajstić information content (AvgIpc) is 2.29. The molecule has 0 aromatic heterocycles. The Balaban J connectivity index is 2.50. The van der Waals surface area contributed by atoms with Crippen LogP contribution in [0.5, 0.6) is 0 Å². The Hall–Kier alpha value is -1.32. The van der Waals surface area contributed by atoms with Gasteiger partial charge in [-0.05, 0) is 30.2 Å². The number of hydrogen-bond acceptors (Lipinski definition) is 2. The molecule has 17 heavy (non-hydrogen) atoms. The lowest BCUT2D eigenvalue weighted by Gasteiger charge is -2.04. The van der Waals surface area contributed by atoms with Crippen LogP contribution in [-0.4, -0.2) is 8.42 Å². The van der Waals surface area contributed by atoms with Crippen molar-refractivity contribution < 1.29 is 8.42 Å². The van der Waals surface area contributed by atoms with Crippen molar-refractivity contribution in [2.24, 2.45) is 0 Å². The maximum absolute atomic E-state index is 11.2. The Labute approximate surface area is 105 Å². The van der Waals surface area contributed by atoms with Gasteiger partial charge < -0.3 is 0 Å². The maximum Gasteiger partial charge on any atom is 0.261 e. The number of hydrogen-bond donors (Lipinski definition) is 0. The molecule has 0 heterocycles. The first-order chi connectivity index (χ1) is 7.97. The van der Waals surface area contributed by atoms with Gasteiger partial charge in [0.25, 0.3) is 9.05 Å². The van der Waals surface area contributed by atoms with Crippen LogP contribution in [0.25, 0.3) is 11.1 Å². The Kier molecular flexibility index (Phi) is 3.22. The van der Waals surface area contributed by atoms with Gasteiger partial charge in [0.15, 0.2) is 0 Å². The van der Waals surface area contributed by atoms with Gasteiger partial charge in [-0.25, -0.2) is 8.42 Å². The van der Waals surface area contributed by atoms with E-state index >= 15 is 0 Å². The summed E-state index contributed by atoms with van der Waals surface area (Å²) in [5.41, 5.74) is 2.97. The van der Waals surface area contributed by atoms with Gasteiger partial charge in [-0.3, -0.25) is 0 Å². The first kappa shape index (κ1) is 12.1. The summed E-state index contributed by atoms with van der Waals surface area (Å²) < 4.78 is 22.5. The van der Waals surface area contributed by atoms with Crippen molar-refractivity contribution in [2.45, 2.75) is 11.8 Å². The molecule has 88 valence electrons. The molecule has 2 nitrogen and oxygen atoms in total. The third kappa shape index (κ3) is 2.87. The number of halogens is 1. The lowest BCUT2D eigenvalue weighted by molar-refractivity contribution is 0.609. The summed E-state index contributed by atoms with van der Waals surface area (Å²) in [5.74, 6) is 0. The van der Waals surface area contributed by atoms with Crippen LogP contribution in [0.4, 0.5) is 0 Å². The van der Waals surface area contributed by atoms with E-state index in [1.165, 1.54) is 6.07 Å². The van der Waals surface area contributed by atoms with Crippen molar-refractivity contribution in [1.82, 2.24) is 0 Å². The molecule has 0 amide bonds. The van der Waals surface area contributed by atoms with Crippen molar-refractivity contribution in [3.8, 4) is 11.1 Å². The minimum absolute atomic E-state index is 0.122. The van der Waals surface area contributed by atoms with Crippen molar-refractivity contribution in [3.63, 3.8) is 0 Å². The summed E-state index contributed by atoms with van der Waals surface area (Å²) in [7, 11) is 1.65. The quantitative estimate of drug-likeness (QED) is 0.779. The van der Waals surface area contributed by atoms with Crippen LogP contribution >= 0.6 is 10.7 Å². The first-order valence-corrected chi connectivity index (χ1v) is 7.39. The molecule has 0 unspecified atom stereocenters. The van der Waals surface area contributed by atoms with Crippen LogP contribution in [0.15, 0.2) is 53.4 Å². The Morgan fingerprint density at radius 2 is 1.59 bits per heavy atom. The van der Waals surface area contributed by atoms with Crippen LogP contribution in [0, 0.1) is 6.92 Å². The summed E-state index contributed by atoms with van der Waals surface area (Å²) in [5, 5.41) is 0. The molecule has 0 aliphatic heterocycles. The predicted molar refractivity (Wildman–Crippen MR) is 69.7 cm³/mol. The Morgan fingerprint density at radius 3 is 2.18 bits per heavy atom. The van der Waals surface area contributed by atoms with Crippen LogP contribution in [0.2, 0.25) is 0 Å². The Morgan fingerprint density at radius 1 is 0.941 bits per heavy atom. The fourth-order valence-electron chi connectivity index (χ4n) is 1.57. The van der Waals surface area contributed by atoms with Gasteiger partial charge in [0, 0.05) is 10.7 Å². The maximum atomic E-state index is 11.2. The summed E-state index contributed by atoms with van der Waals surface area (Å²) in [6, 6.07) is 14.5. The summed E-state index contributed by atoms with van der Waals surface area (Å²) >= 11 is 0. The molecule has 0 saturated carbocycles. The molecule has 0 bridgehead atoms. The fourth-order valence-corrected chi connectivity index (χ4v) is 2.37. The van der Waals surface area contributed by atoms with Gasteiger partial charge >= 0.3 is 0 Å². The molecule has 0 fully saturated rings. The third-order valence-electron chi connectivity index (χ3n) is 2.50. The third-order valence-corrected chi connectivity index (χ3v) is 3.85. The van der Waals surface area contributed by atoms with E-state index in [1.807, 2.05) is 37.3 Å². The Bertz CT molecular complexity index is 631. The molecule has 0 spiro atoms. The predicted octanol–water partition coefficient (Wildman–Crippen LogP) is 3.59. The van der Waals surface area contributed by atoms with E-state index in [-0.39, 0.29) is 4.90 Å². The molecular weight excluding hydrogens is 256 g/mol. The van der Waals surface area contributed by atoms with Crippen molar-refractivity contribution in [1.29, 1.82) is 0 Å². The first-order valence-electron chi connectivity index (χ1n) is 5.08. The normalized spacial score (nSPS) is 11.4. The van der Waals surface area contributed by atoms with Crippen LogP contribution < -0.4 is 0 Å². The second kappa shape index (κ2) is 4.51. The second-order valence-corrected chi connectivity index (χ2v) is 6.40. The molecule has 4 heteroatoms. The molecule has 2 rings (SSSR count). The molecule has 2 aromatic rings. The largest absolute Gasteiger partial charge is 0.261 e. The molecule has 0 aliphatic carbocycles. The molecule has 0 atom stereocenters. The number of rotatable bonds is 2.